The van der Waals surface area contributed by atoms with Crippen molar-refractivity contribution < 1.29 is 22.7 Å². The number of anilines is 1. The van der Waals surface area contributed by atoms with Crippen molar-refractivity contribution >= 4 is 11.6 Å². The van der Waals surface area contributed by atoms with Crippen LogP contribution in [0.25, 0.3) is 0 Å². The molecule has 0 saturated heterocycles. The highest BCUT2D eigenvalue weighted by Crippen LogP contribution is 2.35. The molecule has 158 valence electrons. The first-order valence-electron chi connectivity index (χ1n) is 8.98. The third kappa shape index (κ3) is 4.78. The van der Waals surface area contributed by atoms with Gasteiger partial charge >= 0.3 is 6.18 Å². The van der Waals surface area contributed by atoms with Crippen molar-refractivity contribution in [3.05, 3.63) is 70.2 Å². The van der Waals surface area contributed by atoms with E-state index in [1.807, 2.05) is 19.1 Å². The van der Waals surface area contributed by atoms with Crippen LogP contribution in [0.1, 0.15) is 38.6 Å². The zero-order valence-electron chi connectivity index (χ0n) is 16.7. The standard InChI is InChI=1S/C21H16F3N5O2/c1-11-5-4-6-14(9-11)27-19(30)17-12(2)18(21(22,23)24)28-29-20(17)31-16-8-7-15(10-25)26-13(16)3/h4-9H,1-3H3,(H,27,30). The van der Waals surface area contributed by atoms with Crippen LogP contribution in [0.4, 0.5) is 18.9 Å². The minimum atomic E-state index is -4.81. The zero-order valence-corrected chi connectivity index (χ0v) is 16.7. The first-order chi connectivity index (χ1) is 14.6. The van der Waals surface area contributed by atoms with Gasteiger partial charge in [0.05, 0.1) is 5.69 Å². The Kier molecular flexibility index (Phi) is 5.88. The fraction of sp³-hybridized carbons (Fsp3) is 0.190. The summed E-state index contributed by atoms with van der Waals surface area (Å²) < 4.78 is 45.7. The third-order valence-electron chi connectivity index (χ3n) is 4.31. The topological polar surface area (TPSA) is 101 Å². The number of aryl methyl sites for hydroxylation is 2. The van der Waals surface area contributed by atoms with Gasteiger partial charge in [-0.05, 0) is 56.2 Å². The van der Waals surface area contributed by atoms with E-state index in [1.54, 1.807) is 25.1 Å². The highest BCUT2D eigenvalue weighted by Gasteiger charge is 2.38. The van der Waals surface area contributed by atoms with Crippen LogP contribution in [0.15, 0.2) is 36.4 Å². The van der Waals surface area contributed by atoms with Gasteiger partial charge in [0.15, 0.2) is 11.4 Å². The molecule has 1 aromatic carbocycles. The Morgan fingerprint density at radius 2 is 1.87 bits per heavy atom. The van der Waals surface area contributed by atoms with E-state index in [9.17, 15) is 18.0 Å². The molecule has 1 N–H and O–H groups in total. The Morgan fingerprint density at radius 3 is 2.48 bits per heavy atom. The second-order valence-electron chi connectivity index (χ2n) is 6.67. The Balaban J connectivity index is 2.08. The van der Waals surface area contributed by atoms with Crippen LogP contribution in [0, 0.1) is 32.1 Å². The quantitative estimate of drug-likeness (QED) is 0.646. The lowest BCUT2D eigenvalue weighted by molar-refractivity contribution is -0.142. The summed E-state index contributed by atoms with van der Waals surface area (Å²) in [5, 5.41) is 18.2. The van der Waals surface area contributed by atoms with E-state index < -0.39 is 34.8 Å². The van der Waals surface area contributed by atoms with Crippen molar-refractivity contribution in [1.82, 2.24) is 15.2 Å². The fourth-order valence-electron chi connectivity index (χ4n) is 2.85. The summed E-state index contributed by atoms with van der Waals surface area (Å²) >= 11 is 0. The Bertz CT molecular complexity index is 1200. The van der Waals surface area contributed by atoms with Crippen LogP contribution < -0.4 is 10.1 Å². The van der Waals surface area contributed by atoms with Crippen LogP contribution in [0.5, 0.6) is 11.6 Å². The molecule has 0 aliphatic rings. The smallest absolute Gasteiger partial charge is 0.435 e. The van der Waals surface area contributed by atoms with E-state index in [0.717, 1.165) is 12.5 Å². The SMILES string of the molecule is Cc1cccc(NC(=O)c2c(Oc3ccc(C#N)nc3C)nnc(C(F)(F)F)c2C)c1. The molecular formula is C21H16F3N5O2. The summed E-state index contributed by atoms with van der Waals surface area (Å²) in [4.78, 5) is 16.9. The molecule has 3 aromatic rings. The van der Waals surface area contributed by atoms with E-state index in [-0.39, 0.29) is 11.4 Å². The maximum absolute atomic E-state index is 13.4. The number of halogens is 3. The number of aromatic nitrogens is 3. The first kappa shape index (κ1) is 21.7. The number of nitriles is 1. The number of hydrogen-bond donors (Lipinski definition) is 1. The second kappa shape index (κ2) is 8.39. The van der Waals surface area contributed by atoms with Crippen LogP contribution in [-0.2, 0) is 6.18 Å². The van der Waals surface area contributed by atoms with Crippen molar-refractivity contribution in [2.75, 3.05) is 5.32 Å². The van der Waals surface area contributed by atoms with Crippen LogP contribution in [-0.4, -0.2) is 21.1 Å². The predicted octanol–water partition coefficient (Wildman–Crippen LogP) is 4.73. The number of carbonyl (C=O) groups excluding carboxylic acids is 1. The lowest BCUT2D eigenvalue weighted by Gasteiger charge is -2.16. The highest BCUT2D eigenvalue weighted by molar-refractivity contribution is 6.07. The van der Waals surface area contributed by atoms with Crippen molar-refractivity contribution in [3.8, 4) is 17.7 Å². The van der Waals surface area contributed by atoms with Crippen molar-refractivity contribution in [2.45, 2.75) is 26.9 Å². The van der Waals surface area contributed by atoms with Gasteiger partial charge in [-0.3, -0.25) is 4.79 Å². The molecule has 0 spiro atoms. The van der Waals surface area contributed by atoms with Gasteiger partial charge in [0.2, 0.25) is 0 Å². The summed E-state index contributed by atoms with van der Waals surface area (Å²) in [6.07, 6.45) is -4.81. The average Bonchev–Trinajstić information content (AvgIpc) is 2.68. The number of nitrogens with zero attached hydrogens (tertiary/aromatic N) is 4. The van der Waals surface area contributed by atoms with Crippen LogP contribution in [0.2, 0.25) is 0 Å². The van der Waals surface area contributed by atoms with Gasteiger partial charge < -0.3 is 10.1 Å². The van der Waals surface area contributed by atoms with Crippen LogP contribution >= 0.6 is 0 Å². The van der Waals surface area contributed by atoms with Gasteiger partial charge in [0, 0.05) is 5.69 Å². The van der Waals surface area contributed by atoms with E-state index in [4.69, 9.17) is 10.00 Å². The van der Waals surface area contributed by atoms with E-state index in [1.165, 1.54) is 12.1 Å². The Labute approximate surface area is 175 Å². The van der Waals surface area contributed by atoms with Crippen molar-refractivity contribution in [3.63, 3.8) is 0 Å². The molecule has 7 nitrogen and oxygen atoms in total. The molecule has 0 bridgehead atoms. The molecule has 0 unspecified atom stereocenters. The summed E-state index contributed by atoms with van der Waals surface area (Å²) in [6, 6.07) is 11.4. The third-order valence-corrected chi connectivity index (χ3v) is 4.31. The lowest BCUT2D eigenvalue weighted by atomic mass is 10.1. The molecule has 1 amide bonds. The molecule has 0 radical (unpaired) electrons. The Hall–Kier alpha value is -4.00. The molecule has 0 fully saturated rings. The number of rotatable bonds is 4. The molecule has 0 atom stereocenters. The molecule has 3 rings (SSSR count). The maximum atomic E-state index is 13.4. The predicted molar refractivity (Wildman–Crippen MR) is 105 cm³/mol. The van der Waals surface area contributed by atoms with Crippen molar-refractivity contribution in [2.24, 2.45) is 0 Å². The first-order valence-corrected chi connectivity index (χ1v) is 8.98. The molecule has 2 heterocycles. The van der Waals surface area contributed by atoms with Gasteiger partial charge in [-0.25, -0.2) is 4.98 Å². The molecule has 2 aromatic heterocycles. The van der Waals surface area contributed by atoms with Gasteiger partial charge in [0.25, 0.3) is 11.8 Å². The van der Waals surface area contributed by atoms with Gasteiger partial charge in [0.1, 0.15) is 17.3 Å². The minimum absolute atomic E-state index is 0.122. The summed E-state index contributed by atoms with van der Waals surface area (Å²) in [5.74, 6) is -1.12. The number of benzene rings is 1. The molecule has 31 heavy (non-hydrogen) atoms. The second-order valence-corrected chi connectivity index (χ2v) is 6.67. The molecule has 0 aliphatic carbocycles. The number of nitrogens with one attached hydrogen (secondary N) is 1. The highest BCUT2D eigenvalue weighted by atomic mass is 19.4. The largest absolute Gasteiger partial charge is 0.435 e. The molecule has 0 saturated carbocycles. The molecule has 10 heteroatoms. The van der Waals surface area contributed by atoms with Gasteiger partial charge in [-0.1, -0.05) is 12.1 Å². The number of ether oxygens (including phenoxy) is 1. The zero-order chi connectivity index (χ0) is 22.8. The minimum Gasteiger partial charge on any atom is -0.435 e. The summed E-state index contributed by atoms with van der Waals surface area (Å²) in [6.45, 7) is 4.48. The number of hydrogen-bond acceptors (Lipinski definition) is 6. The summed E-state index contributed by atoms with van der Waals surface area (Å²) in [5.41, 5.74) is -0.440. The molecule has 0 aliphatic heterocycles. The van der Waals surface area contributed by atoms with Crippen LogP contribution in [0.3, 0.4) is 0 Å². The number of alkyl halides is 3. The average molecular weight is 427 g/mol. The fourth-order valence-corrected chi connectivity index (χ4v) is 2.85. The van der Waals surface area contributed by atoms with E-state index >= 15 is 0 Å². The lowest BCUT2D eigenvalue weighted by Crippen LogP contribution is -2.21. The van der Waals surface area contributed by atoms with Gasteiger partial charge in [-0.2, -0.15) is 18.4 Å². The van der Waals surface area contributed by atoms with Crippen molar-refractivity contribution in [1.29, 1.82) is 5.26 Å². The van der Waals surface area contributed by atoms with Gasteiger partial charge in [-0.15, -0.1) is 10.2 Å². The summed E-state index contributed by atoms with van der Waals surface area (Å²) in [7, 11) is 0. The molecular weight excluding hydrogens is 411 g/mol. The Morgan fingerprint density at radius 1 is 1.13 bits per heavy atom. The monoisotopic (exact) mass is 427 g/mol. The maximum Gasteiger partial charge on any atom is 0.435 e. The van der Waals surface area contributed by atoms with E-state index in [2.05, 4.69) is 20.5 Å². The number of amides is 1. The normalized spacial score (nSPS) is 11.0. The van der Waals surface area contributed by atoms with E-state index in [0.29, 0.717) is 11.4 Å². The number of pyridine rings is 1. The number of carbonyl (C=O) groups is 1.